The number of ether oxygens (including phenoxy) is 1. The topological polar surface area (TPSA) is 48.1 Å². The number of halogens is 2. The fraction of sp³-hybridized carbons (Fsp3) is 0. The molecule has 0 aliphatic heterocycles. The Kier molecular flexibility index (Phi) is 3.22. The largest absolute Gasteiger partial charge is 0.431 e. The Morgan fingerprint density at radius 3 is 2.53 bits per heavy atom. The summed E-state index contributed by atoms with van der Waals surface area (Å²) in [5.74, 6) is 0.560. The summed E-state index contributed by atoms with van der Waals surface area (Å²) in [5, 5.41) is 1.57. The van der Waals surface area contributed by atoms with E-state index in [-0.39, 0.29) is 0 Å². The van der Waals surface area contributed by atoms with Crippen LogP contribution in [0.2, 0.25) is 10.0 Å². The third-order valence-corrected chi connectivity index (χ3v) is 3.77. The van der Waals surface area contributed by atoms with E-state index in [2.05, 4.69) is 4.98 Å². The Bertz CT molecular complexity index is 737. The first kappa shape index (κ1) is 12.5. The van der Waals surface area contributed by atoms with E-state index < -0.39 is 0 Å². The standard InChI is InChI=1S/C13H8Cl2N2OS/c14-7-3-8(15)5-10(4-7)18-13-17-11-2-1-9(16)6-12(11)19-13/h1-6H,16H2. The van der Waals surface area contributed by atoms with E-state index in [9.17, 15) is 0 Å². The predicted molar refractivity (Wildman–Crippen MR) is 80.6 cm³/mol. The molecule has 0 bridgehead atoms. The van der Waals surface area contributed by atoms with E-state index in [1.807, 2.05) is 18.2 Å². The maximum atomic E-state index is 5.92. The molecule has 3 rings (SSSR count). The van der Waals surface area contributed by atoms with Crippen LogP contribution >= 0.6 is 34.5 Å². The van der Waals surface area contributed by atoms with Crippen molar-refractivity contribution in [2.24, 2.45) is 0 Å². The highest BCUT2D eigenvalue weighted by atomic mass is 35.5. The van der Waals surface area contributed by atoms with E-state index in [1.54, 1.807) is 18.2 Å². The quantitative estimate of drug-likeness (QED) is 0.679. The second-order valence-corrected chi connectivity index (χ2v) is 5.78. The molecule has 0 aliphatic carbocycles. The van der Waals surface area contributed by atoms with Crippen molar-refractivity contribution in [3.8, 4) is 10.9 Å². The molecule has 1 aromatic heterocycles. The van der Waals surface area contributed by atoms with Gasteiger partial charge in [-0.3, -0.25) is 0 Å². The van der Waals surface area contributed by atoms with Crippen molar-refractivity contribution >= 4 is 50.4 Å². The fourth-order valence-electron chi connectivity index (χ4n) is 1.65. The van der Waals surface area contributed by atoms with E-state index in [4.69, 9.17) is 33.7 Å². The number of rotatable bonds is 2. The first-order valence-electron chi connectivity index (χ1n) is 5.40. The Labute approximate surface area is 123 Å². The van der Waals surface area contributed by atoms with Crippen molar-refractivity contribution in [3.63, 3.8) is 0 Å². The molecule has 3 nitrogen and oxygen atoms in total. The summed E-state index contributed by atoms with van der Waals surface area (Å²) >= 11 is 13.3. The van der Waals surface area contributed by atoms with Crippen LogP contribution in [0.3, 0.4) is 0 Å². The zero-order valence-corrected chi connectivity index (χ0v) is 11.9. The average molecular weight is 311 g/mol. The number of nitrogen functional groups attached to an aromatic ring is 1. The molecule has 1 heterocycles. The van der Waals surface area contributed by atoms with Gasteiger partial charge in [0, 0.05) is 15.7 Å². The minimum Gasteiger partial charge on any atom is -0.431 e. The minimum absolute atomic E-state index is 0.521. The van der Waals surface area contributed by atoms with Gasteiger partial charge in [-0.1, -0.05) is 34.5 Å². The number of fused-ring (bicyclic) bond motifs is 1. The van der Waals surface area contributed by atoms with Crippen LogP contribution in [0, 0.1) is 0 Å². The monoisotopic (exact) mass is 310 g/mol. The number of hydrogen-bond acceptors (Lipinski definition) is 4. The number of thiazole rings is 1. The Balaban J connectivity index is 1.96. The van der Waals surface area contributed by atoms with E-state index in [0.29, 0.717) is 26.7 Å². The van der Waals surface area contributed by atoms with Gasteiger partial charge < -0.3 is 10.5 Å². The highest BCUT2D eigenvalue weighted by Gasteiger charge is 2.07. The lowest BCUT2D eigenvalue weighted by Gasteiger charge is -2.02. The molecule has 0 unspecified atom stereocenters. The molecular formula is C13H8Cl2N2OS. The summed E-state index contributed by atoms with van der Waals surface area (Å²) in [6, 6.07) is 10.6. The maximum absolute atomic E-state index is 5.92. The lowest BCUT2D eigenvalue weighted by atomic mass is 10.3. The lowest BCUT2D eigenvalue weighted by molar-refractivity contribution is 0.480. The Morgan fingerprint density at radius 2 is 1.79 bits per heavy atom. The van der Waals surface area contributed by atoms with Gasteiger partial charge in [0.1, 0.15) is 5.75 Å². The number of benzene rings is 2. The molecule has 3 aromatic rings. The van der Waals surface area contributed by atoms with Crippen molar-refractivity contribution < 1.29 is 4.74 Å². The SMILES string of the molecule is Nc1ccc2nc(Oc3cc(Cl)cc(Cl)c3)sc2c1. The first-order chi connectivity index (χ1) is 9.10. The summed E-state index contributed by atoms with van der Waals surface area (Å²) < 4.78 is 6.64. The van der Waals surface area contributed by atoms with Gasteiger partial charge in [-0.25, -0.2) is 4.98 Å². The lowest BCUT2D eigenvalue weighted by Crippen LogP contribution is -1.83. The molecule has 0 atom stereocenters. The number of nitrogens with zero attached hydrogens (tertiary/aromatic N) is 1. The summed E-state index contributed by atoms with van der Waals surface area (Å²) in [6.45, 7) is 0. The van der Waals surface area contributed by atoms with Gasteiger partial charge in [0.2, 0.25) is 0 Å². The van der Waals surface area contributed by atoms with Crippen LogP contribution in [-0.4, -0.2) is 4.98 Å². The molecule has 2 aromatic carbocycles. The number of nitrogens with two attached hydrogens (primary N) is 1. The molecule has 19 heavy (non-hydrogen) atoms. The van der Waals surface area contributed by atoms with Gasteiger partial charge in [0.05, 0.1) is 10.2 Å². The van der Waals surface area contributed by atoms with Crippen LogP contribution in [0.25, 0.3) is 10.2 Å². The van der Waals surface area contributed by atoms with Crippen molar-refractivity contribution in [2.45, 2.75) is 0 Å². The maximum Gasteiger partial charge on any atom is 0.279 e. The predicted octanol–water partition coefficient (Wildman–Crippen LogP) is 4.98. The van der Waals surface area contributed by atoms with Gasteiger partial charge in [-0.2, -0.15) is 0 Å². The second kappa shape index (κ2) is 4.89. The smallest absolute Gasteiger partial charge is 0.279 e. The molecule has 0 saturated heterocycles. The molecule has 0 aliphatic rings. The molecule has 0 amide bonds. The molecule has 6 heteroatoms. The van der Waals surface area contributed by atoms with E-state index in [1.165, 1.54) is 11.3 Å². The van der Waals surface area contributed by atoms with Crippen molar-refractivity contribution in [2.75, 3.05) is 5.73 Å². The van der Waals surface area contributed by atoms with Crippen LogP contribution in [0.1, 0.15) is 0 Å². The minimum atomic E-state index is 0.521. The second-order valence-electron chi connectivity index (χ2n) is 3.91. The Morgan fingerprint density at radius 1 is 1.05 bits per heavy atom. The third-order valence-electron chi connectivity index (χ3n) is 2.43. The fourth-order valence-corrected chi connectivity index (χ4v) is 3.04. The molecule has 0 radical (unpaired) electrons. The van der Waals surface area contributed by atoms with Crippen molar-refractivity contribution in [1.82, 2.24) is 4.98 Å². The normalized spacial score (nSPS) is 10.8. The van der Waals surface area contributed by atoms with Crippen molar-refractivity contribution in [3.05, 3.63) is 46.4 Å². The molecule has 0 fully saturated rings. The van der Waals surface area contributed by atoms with Crippen LogP contribution in [0.4, 0.5) is 5.69 Å². The summed E-state index contributed by atoms with van der Waals surface area (Å²) in [5.41, 5.74) is 7.28. The number of aromatic nitrogens is 1. The van der Waals surface area contributed by atoms with Gasteiger partial charge in [0.15, 0.2) is 0 Å². The van der Waals surface area contributed by atoms with Crippen LogP contribution < -0.4 is 10.5 Å². The summed E-state index contributed by atoms with van der Waals surface area (Å²) in [4.78, 5) is 4.36. The number of hydrogen-bond donors (Lipinski definition) is 1. The van der Waals surface area contributed by atoms with Gasteiger partial charge >= 0.3 is 0 Å². The van der Waals surface area contributed by atoms with Crippen molar-refractivity contribution in [1.29, 1.82) is 0 Å². The first-order valence-corrected chi connectivity index (χ1v) is 6.97. The highest BCUT2D eigenvalue weighted by Crippen LogP contribution is 2.34. The van der Waals surface area contributed by atoms with Crippen LogP contribution in [0.5, 0.6) is 10.9 Å². The number of anilines is 1. The molecule has 2 N–H and O–H groups in total. The molecular weight excluding hydrogens is 303 g/mol. The zero-order valence-electron chi connectivity index (χ0n) is 9.56. The molecule has 0 spiro atoms. The molecule has 96 valence electrons. The van der Waals surface area contributed by atoms with Crippen LogP contribution in [0.15, 0.2) is 36.4 Å². The van der Waals surface area contributed by atoms with Gasteiger partial charge in [0.25, 0.3) is 5.19 Å². The summed E-state index contributed by atoms with van der Waals surface area (Å²) in [6.07, 6.45) is 0. The Hall–Kier alpha value is -1.49. The zero-order chi connectivity index (χ0) is 13.4. The van der Waals surface area contributed by atoms with E-state index >= 15 is 0 Å². The van der Waals surface area contributed by atoms with Gasteiger partial charge in [-0.15, -0.1) is 0 Å². The van der Waals surface area contributed by atoms with E-state index in [0.717, 1.165) is 10.2 Å². The van der Waals surface area contributed by atoms with Crippen LogP contribution in [-0.2, 0) is 0 Å². The molecule has 0 saturated carbocycles. The summed E-state index contributed by atoms with van der Waals surface area (Å²) in [7, 11) is 0. The van der Waals surface area contributed by atoms with Gasteiger partial charge in [-0.05, 0) is 36.4 Å². The third kappa shape index (κ3) is 2.76. The highest BCUT2D eigenvalue weighted by molar-refractivity contribution is 7.20. The average Bonchev–Trinajstić information content (AvgIpc) is 2.68.